The molecule has 5 heteroatoms. The Morgan fingerprint density at radius 2 is 0.783 bits per heavy atom. The SMILES string of the molecule is Cc1nc(C)nc(-c2cc(-c3ccc(-c4cccc5cccnc45)cc3)cc(-c3ccc(-c4cccc5cccnc45)cc3)c2)n1. The minimum Gasteiger partial charge on any atom is -0.256 e. The van der Waals surface area contributed by atoms with Crippen molar-refractivity contribution in [2.75, 3.05) is 0 Å². The van der Waals surface area contributed by atoms with Gasteiger partial charge in [0, 0.05) is 39.9 Å². The average Bonchev–Trinajstić information content (AvgIpc) is 3.11. The molecule has 0 fully saturated rings. The molecule has 3 heterocycles. The molecule has 3 aromatic heterocycles. The lowest BCUT2D eigenvalue weighted by atomic mass is 9.93. The molecule has 0 unspecified atom stereocenters. The zero-order valence-electron chi connectivity index (χ0n) is 25.5. The van der Waals surface area contributed by atoms with E-state index in [4.69, 9.17) is 9.97 Å². The first-order valence-corrected chi connectivity index (χ1v) is 15.3. The van der Waals surface area contributed by atoms with Crippen LogP contribution in [0.3, 0.4) is 0 Å². The minimum atomic E-state index is 0.671. The van der Waals surface area contributed by atoms with Gasteiger partial charge in [0.1, 0.15) is 11.6 Å². The van der Waals surface area contributed by atoms with Gasteiger partial charge < -0.3 is 0 Å². The molecule has 0 atom stereocenters. The van der Waals surface area contributed by atoms with Gasteiger partial charge in [0.25, 0.3) is 0 Å². The largest absolute Gasteiger partial charge is 0.256 e. The van der Waals surface area contributed by atoms with Crippen LogP contribution in [0.2, 0.25) is 0 Å². The second kappa shape index (κ2) is 11.5. The minimum absolute atomic E-state index is 0.671. The van der Waals surface area contributed by atoms with Crippen LogP contribution in [-0.4, -0.2) is 24.9 Å². The molecule has 46 heavy (non-hydrogen) atoms. The lowest BCUT2D eigenvalue weighted by Gasteiger charge is -2.13. The van der Waals surface area contributed by atoms with Crippen LogP contribution in [0.4, 0.5) is 0 Å². The van der Waals surface area contributed by atoms with E-state index < -0.39 is 0 Å². The Bertz CT molecular complexity index is 2210. The fourth-order valence-electron chi connectivity index (χ4n) is 6.19. The maximum Gasteiger partial charge on any atom is 0.163 e. The first-order chi connectivity index (χ1) is 22.6. The maximum absolute atomic E-state index is 4.70. The van der Waals surface area contributed by atoms with Crippen LogP contribution in [0.5, 0.6) is 0 Å². The van der Waals surface area contributed by atoms with E-state index in [0.29, 0.717) is 17.5 Å². The highest BCUT2D eigenvalue weighted by atomic mass is 15.0. The van der Waals surface area contributed by atoms with Crippen molar-refractivity contribution >= 4 is 21.8 Å². The van der Waals surface area contributed by atoms with E-state index in [1.165, 1.54) is 0 Å². The smallest absolute Gasteiger partial charge is 0.163 e. The molecule has 0 aliphatic rings. The van der Waals surface area contributed by atoms with Crippen LogP contribution in [0, 0.1) is 13.8 Å². The first kappa shape index (κ1) is 27.5. The van der Waals surface area contributed by atoms with E-state index >= 15 is 0 Å². The van der Waals surface area contributed by atoms with Gasteiger partial charge in [-0.25, -0.2) is 15.0 Å². The van der Waals surface area contributed by atoms with Crippen molar-refractivity contribution in [1.82, 2.24) is 24.9 Å². The van der Waals surface area contributed by atoms with Crippen LogP contribution < -0.4 is 0 Å². The Balaban J connectivity index is 1.21. The molecule has 0 amide bonds. The number of nitrogens with zero attached hydrogens (tertiary/aromatic N) is 5. The third-order valence-electron chi connectivity index (χ3n) is 8.37. The van der Waals surface area contributed by atoms with Crippen molar-refractivity contribution < 1.29 is 0 Å². The van der Waals surface area contributed by atoms with Crippen molar-refractivity contribution in [3.63, 3.8) is 0 Å². The lowest BCUT2D eigenvalue weighted by Crippen LogP contribution is -1.99. The van der Waals surface area contributed by atoms with Gasteiger partial charge in [0.2, 0.25) is 0 Å². The number of aryl methyl sites for hydroxylation is 2. The predicted octanol–water partition coefficient (Wildman–Crippen LogP) is 9.92. The first-order valence-electron chi connectivity index (χ1n) is 15.3. The van der Waals surface area contributed by atoms with Gasteiger partial charge in [-0.1, -0.05) is 97.1 Å². The zero-order valence-corrected chi connectivity index (χ0v) is 25.5. The van der Waals surface area contributed by atoms with E-state index in [9.17, 15) is 0 Å². The van der Waals surface area contributed by atoms with E-state index in [-0.39, 0.29) is 0 Å². The van der Waals surface area contributed by atoms with Crippen LogP contribution in [0.25, 0.3) is 77.7 Å². The summed E-state index contributed by atoms with van der Waals surface area (Å²) < 4.78 is 0. The normalized spacial score (nSPS) is 11.3. The molecule has 0 aliphatic carbocycles. The molecule has 8 rings (SSSR count). The van der Waals surface area contributed by atoms with Crippen LogP contribution in [-0.2, 0) is 0 Å². The second-order valence-corrected chi connectivity index (χ2v) is 11.5. The van der Waals surface area contributed by atoms with Crippen molar-refractivity contribution in [1.29, 1.82) is 0 Å². The lowest BCUT2D eigenvalue weighted by molar-refractivity contribution is 0.928. The molecule has 0 spiro atoms. The number of para-hydroxylation sites is 2. The Hall–Kier alpha value is -6.07. The number of hydrogen-bond donors (Lipinski definition) is 0. The number of aromatic nitrogens is 5. The molecular formula is C41H29N5. The number of benzene rings is 5. The summed E-state index contributed by atoms with van der Waals surface area (Å²) in [7, 11) is 0. The topological polar surface area (TPSA) is 64.5 Å². The molecule has 5 nitrogen and oxygen atoms in total. The summed E-state index contributed by atoms with van der Waals surface area (Å²) in [6, 6.07) is 44.8. The zero-order chi connectivity index (χ0) is 31.0. The molecule has 5 aromatic carbocycles. The fourth-order valence-corrected chi connectivity index (χ4v) is 6.19. The highest BCUT2D eigenvalue weighted by molar-refractivity contribution is 5.95. The van der Waals surface area contributed by atoms with Crippen LogP contribution in [0.1, 0.15) is 11.6 Å². The summed E-state index contributed by atoms with van der Waals surface area (Å²) in [6.45, 7) is 3.81. The van der Waals surface area contributed by atoms with Crippen LogP contribution in [0.15, 0.2) is 140 Å². The Labute approximate surface area is 267 Å². The van der Waals surface area contributed by atoms with Crippen molar-refractivity contribution in [3.05, 3.63) is 151 Å². The molecule has 0 saturated carbocycles. The highest BCUT2D eigenvalue weighted by Crippen LogP contribution is 2.35. The van der Waals surface area contributed by atoms with Gasteiger partial charge in [-0.2, -0.15) is 0 Å². The quantitative estimate of drug-likeness (QED) is 0.199. The summed E-state index contributed by atoms with van der Waals surface area (Å²) in [6.07, 6.45) is 3.70. The van der Waals surface area contributed by atoms with Gasteiger partial charge in [0.15, 0.2) is 5.82 Å². The monoisotopic (exact) mass is 591 g/mol. The van der Waals surface area contributed by atoms with Crippen LogP contribution >= 0.6 is 0 Å². The number of pyridine rings is 2. The second-order valence-electron chi connectivity index (χ2n) is 11.5. The molecular weight excluding hydrogens is 562 g/mol. The van der Waals surface area contributed by atoms with Gasteiger partial charge in [-0.05, 0) is 77.6 Å². The van der Waals surface area contributed by atoms with Gasteiger partial charge in [-0.3, -0.25) is 9.97 Å². The van der Waals surface area contributed by atoms with E-state index in [0.717, 1.165) is 71.9 Å². The molecule has 0 aliphatic heterocycles. The summed E-state index contributed by atoms with van der Waals surface area (Å²) in [5, 5.41) is 2.26. The molecule has 218 valence electrons. The summed E-state index contributed by atoms with van der Waals surface area (Å²) in [4.78, 5) is 23.1. The Morgan fingerprint density at radius 1 is 0.370 bits per heavy atom. The molecule has 0 bridgehead atoms. The molecule has 0 saturated heterocycles. The third kappa shape index (κ3) is 5.18. The third-order valence-corrected chi connectivity index (χ3v) is 8.37. The Kier molecular flexibility index (Phi) is 6.84. The molecule has 0 N–H and O–H groups in total. The van der Waals surface area contributed by atoms with Gasteiger partial charge in [0.05, 0.1) is 11.0 Å². The molecule has 0 radical (unpaired) electrons. The van der Waals surface area contributed by atoms with Crippen molar-refractivity contribution in [3.8, 4) is 55.9 Å². The van der Waals surface area contributed by atoms with E-state index in [1.54, 1.807) is 0 Å². The number of rotatable bonds is 5. The van der Waals surface area contributed by atoms with Crippen molar-refractivity contribution in [2.24, 2.45) is 0 Å². The average molecular weight is 592 g/mol. The predicted molar refractivity (Wildman–Crippen MR) is 187 cm³/mol. The fraction of sp³-hybridized carbons (Fsp3) is 0.0488. The molecule has 8 aromatic rings. The number of fused-ring (bicyclic) bond motifs is 2. The standard InChI is InChI=1S/C41H29N5/c1-26-44-27(2)46-41(45-26)36-24-34(28-13-17-30(18-14-28)37-11-3-7-32-9-5-21-42-39(32)37)23-35(25-36)29-15-19-31(20-16-29)38-12-4-8-33-10-6-22-43-40(33)38/h3-25H,1-2H3. The summed E-state index contributed by atoms with van der Waals surface area (Å²) in [5.41, 5.74) is 11.9. The highest BCUT2D eigenvalue weighted by Gasteiger charge is 2.13. The summed E-state index contributed by atoms with van der Waals surface area (Å²) >= 11 is 0. The van der Waals surface area contributed by atoms with E-state index in [2.05, 4.69) is 130 Å². The van der Waals surface area contributed by atoms with Gasteiger partial charge in [-0.15, -0.1) is 0 Å². The van der Waals surface area contributed by atoms with E-state index in [1.807, 2.05) is 38.4 Å². The van der Waals surface area contributed by atoms with Crippen molar-refractivity contribution in [2.45, 2.75) is 13.8 Å². The van der Waals surface area contributed by atoms with Gasteiger partial charge >= 0.3 is 0 Å². The Morgan fingerprint density at radius 3 is 1.26 bits per heavy atom. The number of hydrogen-bond acceptors (Lipinski definition) is 5. The summed E-state index contributed by atoms with van der Waals surface area (Å²) in [5.74, 6) is 2.08. The maximum atomic E-state index is 4.70.